The lowest BCUT2D eigenvalue weighted by molar-refractivity contribution is 0.154. The van der Waals surface area contributed by atoms with Crippen LogP contribution in [-0.4, -0.2) is 34.7 Å². The number of fused-ring (bicyclic) bond motifs is 1. The van der Waals surface area contributed by atoms with Gasteiger partial charge in [-0.15, -0.1) is 0 Å². The van der Waals surface area contributed by atoms with Crippen molar-refractivity contribution in [2.45, 2.75) is 45.2 Å². The molecule has 1 atom stereocenters. The highest BCUT2D eigenvalue weighted by molar-refractivity contribution is 5.44. The molecule has 24 heavy (non-hydrogen) atoms. The van der Waals surface area contributed by atoms with Crippen LogP contribution in [0.2, 0.25) is 0 Å². The molecule has 0 spiro atoms. The Morgan fingerprint density at radius 3 is 2.88 bits per heavy atom. The number of benzene rings is 1. The molecule has 2 aliphatic rings. The van der Waals surface area contributed by atoms with E-state index in [0.717, 1.165) is 18.8 Å². The Kier molecular flexibility index (Phi) is 4.56. The number of ether oxygens (including phenoxy) is 1. The highest BCUT2D eigenvalue weighted by Crippen LogP contribution is 2.31. The highest BCUT2D eigenvalue weighted by Gasteiger charge is 2.22. The summed E-state index contributed by atoms with van der Waals surface area (Å²) in [5.41, 5.74) is 4.39. The molecule has 4 rings (SSSR count). The first-order valence-corrected chi connectivity index (χ1v) is 9.18. The predicted molar refractivity (Wildman–Crippen MR) is 95.2 cm³/mol. The number of methoxy groups -OCH3 is 1. The van der Waals surface area contributed by atoms with Crippen molar-refractivity contribution in [3.63, 3.8) is 0 Å². The number of piperidine rings is 1. The van der Waals surface area contributed by atoms with E-state index in [2.05, 4.69) is 32.8 Å². The second kappa shape index (κ2) is 6.98. The maximum Gasteiger partial charge on any atom is 0.123 e. The van der Waals surface area contributed by atoms with Crippen molar-refractivity contribution in [3.05, 3.63) is 47.5 Å². The van der Waals surface area contributed by atoms with Gasteiger partial charge in [-0.3, -0.25) is 4.90 Å². The number of imidazole rings is 1. The second-order valence-electron chi connectivity index (χ2n) is 7.29. The molecule has 0 N–H and O–H groups in total. The van der Waals surface area contributed by atoms with E-state index in [4.69, 9.17) is 4.74 Å². The van der Waals surface area contributed by atoms with Gasteiger partial charge in [-0.05, 0) is 61.8 Å². The summed E-state index contributed by atoms with van der Waals surface area (Å²) in [7, 11) is 1.80. The molecule has 1 aliphatic heterocycles. The van der Waals surface area contributed by atoms with Gasteiger partial charge in [0.1, 0.15) is 5.75 Å². The molecule has 4 nitrogen and oxygen atoms in total. The second-order valence-corrected chi connectivity index (χ2v) is 7.29. The molecule has 1 aromatic heterocycles. The Labute approximate surface area is 144 Å². The van der Waals surface area contributed by atoms with Crippen LogP contribution >= 0.6 is 0 Å². The highest BCUT2D eigenvalue weighted by atomic mass is 16.5. The summed E-state index contributed by atoms with van der Waals surface area (Å²) < 4.78 is 7.90. The van der Waals surface area contributed by atoms with E-state index < -0.39 is 0 Å². The molecule has 0 saturated carbocycles. The molecule has 0 amide bonds. The van der Waals surface area contributed by atoms with Crippen molar-refractivity contribution in [1.29, 1.82) is 0 Å². The van der Waals surface area contributed by atoms with Crippen molar-refractivity contribution in [2.75, 3.05) is 20.2 Å². The van der Waals surface area contributed by atoms with Crippen LogP contribution in [0.25, 0.3) is 0 Å². The van der Waals surface area contributed by atoms with Gasteiger partial charge in [0.05, 0.1) is 13.4 Å². The van der Waals surface area contributed by atoms with E-state index in [9.17, 15) is 0 Å². The number of hydrogen-bond acceptors (Lipinski definition) is 3. The minimum Gasteiger partial charge on any atom is -0.496 e. The van der Waals surface area contributed by atoms with E-state index in [1.807, 2.05) is 12.5 Å². The van der Waals surface area contributed by atoms with Crippen LogP contribution < -0.4 is 4.74 Å². The Bertz CT molecular complexity index is 680. The van der Waals surface area contributed by atoms with Crippen LogP contribution in [0.4, 0.5) is 0 Å². The van der Waals surface area contributed by atoms with Gasteiger partial charge in [0, 0.05) is 37.6 Å². The summed E-state index contributed by atoms with van der Waals surface area (Å²) in [6.45, 7) is 4.45. The number of hydrogen-bond donors (Lipinski definition) is 0. The first kappa shape index (κ1) is 15.7. The van der Waals surface area contributed by atoms with Gasteiger partial charge in [-0.2, -0.15) is 0 Å². The van der Waals surface area contributed by atoms with Crippen molar-refractivity contribution in [3.8, 4) is 5.75 Å². The van der Waals surface area contributed by atoms with Gasteiger partial charge in [-0.1, -0.05) is 6.07 Å². The van der Waals surface area contributed by atoms with E-state index in [1.54, 1.807) is 7.11 Å². The van der Waals surface area contributed by atoms with E-state index in [1.165, 1.54) is 61.9 Å². The first-order chi connectivity index (χ1) is 11.8. The number of likely N-dealkylation sites (tertiary alicyclic amines) is 1. The van der Waals surface area contributed by atoms with Crippen LogP contribution in [0, 0.1) is 5.92 Å². The molecule has 1 unspecified atom stereocenters. The molecule has 128 valence electrons. The fraction of sp³-hybridized carbons (Fsp3) is 0.550. The van der Waals surface area contributed by atoms with Gasteiger partial charge in [0.15, 0.2) is 0 Å². The van der Waals surface area contributed by atoms with Crippen molar-refractivity contribution in [2.24, 2.45) is 5.92 Å². The third kappa shape index (κ3) is 3.34. The molecular formula is C20H27N3O. The van der Waals surface area contributed by atoms with Crippen LogP contribution in [0.3, 0.4) is 0 Å². The van der Waals surface area contributed by atoms with Gasteiger partial charge < -0.3 is 9.30 Å². The van der Waals surface area contributed by atoms with Crippen molar-refractivity contribution < 1.29 is 4.74 Å². The Hall–Kier alpha value is -1.81. The number of rotatable bonds is 5. The minimum atomic E-state index is 0.716. The third-order valence-corrected chi connectivity index (χ3v) is 5.52. The fourth-order valence-corrected chi connectivity index (χ4v) is 4.34. The predicted octanol–water partition coefficient (Wildman–Crippen LogP) is 3.29. The molecule has 1 fully saturated rings. The Balaban J connectivity index is 1.44. The average molecular weight is 325 g/mol. The topological polar surface area (TPSA) is 30.3 Å². The SMILES string of the molecule is COc1cc2c(cc1CN1CCCC(Cn3ccnc3)C1)CCC2. The van der Waals surface area contributed by atoms with Crippen molar-refractivity contribution >= 4 is 0 Å². The summed E-state index contributed by atoms with van der Waals surface area (Å²) in [4.78, 5) is 6.76. The van der Waals surface area contributed by atoms with Gasteiger partial charge >= 0.3 is 0 Å². The molecule has 1 saturated heterocycles. The van der Waals surface area contributed by atoms with Crippen molar-refractivity contribution in [1.82, 2.24) is 14.5 Å². The average Bonchev–Trinajstić information content (AvgIpc) is 3.25. The zero-order valence-corrected chi connectivity index (χ0v) is 14.6. The Morgan fingerprint density at radius 2 is 2.08 bits per heavy atom. The number of aryl methyl sites for hydroxylation is 2. The monoisotopic (exact) mass is 325 g/mol. The Morgan fingerprint density at radius 1 is 1.21 bits per heavy atom. The van der Waals surface area contributed by atoms with Crippen LogP contribution in [0.5, 0.6) is 5.75 Å². The van der Waals surface area contributed by atoms with Crippen LogP contribution in [-0.2, 0) is 25.9 Å². The maximum atomic E-state index is 5.69. The van der Waals surface area contributed by atoms with Gasteiger partial charge in [0.25, 0.3) is 0 Å². The van der Waals surface area contributed by atoms with Gasteiger partial charge in [-0.25, -0.2) is 4.98 Å². The molecule has 0 bridgehead atoms. The lowest BCUT2D eigenvalue weighted by atomic mass is 9.97. The smallest absolute Gasteiger partial charge is 0.123 e. The maximum absolute atomic E-state index is 5.69. The fourth-order valence-electron chi connectivity index (χ4n) is 4.34. The molecule has 2 aromatic rings. The quantitative estimate of drug-likeness (QED) is 0.845. The normalized spacial score (nSPS) is 21.0. The minimum absolute atomic E-state index is 0.716. The molecule has 2 heterocycles. The largest absolute Gasteiger partial charge is 0.496 e. The van der Waals surface area contributed by atoms with E-state index in [-0.39, 0.29) is 0 Å². The first-order valence-electron chi connectivity index (χ1n) is 9.18. The molecule has 0 radical (unpaired) electrons. The molecule has 4 heteroatoms. The summed E-state index contributed by atoms with van der Waals surface area (Å²) in [6, 6.07) is 4.69. The summed E-state index contributed by atoms with van der Waals surface area (Å²) in [6.07, 6.45) is 12.2. The number of aromatic nitrogens is 2. The zero-order chi connectivity index (χ0) is 16.4. The standard InChI is InChI=1S/C20H27N3O/c1-24-20-11-18-6-2-5-17(18)10-19(20)14-22-8-3-4-16(12-22)13-23-9-7-21-15-23/h7,9-11,15-16H,2-6,8,12-14H2,1H3. The summed E-state index contributed by atoms with van der Waals surface area (Å²) in [5.74, 6) is 1.79. The lowest BCUT2D eigenvalue weighted by Gasteiger charge is -2.33. The zero-order valence-electron chi connectivity index (χ0n) is 14.6. The molecule has 1 aliphatic carbocycles. The summed E-state index contributed by atoms with van der Waals surface area (Å²) >= 11 is 0. The van der Waals surface area contributed by atoms with E-state index in [0.29, 0.717) is 5.92 Å². The third-order valence-electron chi connectivity index (χ3n) is 5.52. The molecular weight excluding hydrogens is 298 g/mol. The number of nitrogens with zero attached hydrogens (tertiary/aromatic N) is 3. The van der Waals surface area contributed by atoms with Crippen LogP contribution in [0.15, 0.2) is 30.9 Å². The van der Waals surface area contributed by atoms with Crippen LogP contribution in [0.1, 0.15) is 36.0 Å². The lowest BCUT2D eigenvalue weighted by Crippen LogP contribution is -2.36. The van der Waals surface area contributed by atoms with E-state index >= 15 is 0 Å². The van der Waals surface area contributed by atoms with Gasteiger partial charge in [0.2, 0.25) is 0 Å². The molecule has 1 aromatic carbocycles. The summed E-state index contributed by atoms with van der Waals surface area (Å²) in [5, 5.41) is 0.